The van der Waals surface area contributed by atoms with Crippen molar-refractivity contribution in [3.63, 3.8) is 0 Å². The average Bonchev–Trinajstić information content (AvgIpc) is 3.07. The SMILES string of the molecule is O=c1c2cccnc2ncn1Cc1coc(-c2ccccc2)n1. The van der Waals surface area contributed by atoms with E-state index in [-0.39, 0.29) is 5.56 Å². The highest BCUT2D eigenvalue weighted by Crippen LogP contribution is 2.18. The first-order chi connectivity index (χ1) is 11.3. The van der Waals surface area contributed by atoms with Crippen molar-refractivity contribution in [3.8, 4) is 11.5 Å². The molecule has 0 aliphatic heterocycles. The minimum Gasteiger partial charge on any atom is -0.444 e. The van der Waals surface area contributed by atoms with E-state index in [1.807, 2.05) is 30.3 Å². The van der Waals surface area contributed by atoms with Crippen LogP contribution in [0.4, 0.5) is 0 Å². The number of hydrogen-bond donors (Lipinski definition) is 0. The van der Waals surface area contributed by atoms with E-state index in [2.05, 4.69) is 15.0 Å². The minimum absolute atomic E-state index is 0.146. The summed E-state index contributed by atoms with van der Waals surface area (Å²) in [5.41, 5.74) is 1.86. The van der Waals surface area contributed by atoms with Crippen LogP contribution in [-0.2, 0) is 6.54 Å². The number of nitrogens with zero attached hydrogens (tertiary/aromatic N) is 4. The standard InChI is InChI=1S/C17H12N4O2/c22-17-14-7-4-8-18-15(14)19-11-21(17)9-13-10-23-16(20-13)12-5-2-1-3-6-12/h1-8,10-11H,9H2. The number of rotatable bonds is 3. The third kappa shape index (κ3) is 2.50. The Labute approximate surface area is 131 Å². The molecule has 6 heteroatoms. The highest BCUT2D eigenvalue weighted by molar-refractivity contribution is 5.72. The van der Waals surface area contributed by atoms with Crippen LogP contribution >= 0.6 is 0 Å². The number of pyridine rings is 1. The van der Waals surface area contributed by atoms with E-state index in [1.165, 1.54) is 10.9 Å². The van der Waals surface area contributed by atoms with Crippen LogP contribution in [0.1, 0.15) is 5.69 Å². The fourth-order valence-electron chi connectivity index (χ4n) is 2.38. The summed E-state index contributed by atoms with van der Waals surface area (Å²) in [6.45, 7) is 0.299. The van der Waals surface area contributed by atoms with Crippen LogP contribution in [0, 0.1) is 0 Å². The molecule has 0 unspecified atom stereocenters. The fraction of sp³-hybridized carbons (Fsp3) is 0.0588. The highest BCUT2D eigenvalue weighted by atomic mass is 16.3. The van der Waals surface area contributed by atoms with Gasteiger partial charge in [0.2, 0.25) is 5.89 Å². The molecule has 0 radical (unpaired) electrons. The molecule has 0 fully saturated rings. The number of hydrogen-bond acceptors (Lipinski definition) is 5. The Morgan fingerprint density at radius 1 is 1.04 bits per heavy atom. The maximum atomic E-state index is 12.4. The van der Waals surface area contributed by atoms with Crippen molar-refractivity contribution in [2.24, 2.45) is 0 Å². The van der Waals surface area contributed by atoms with Gasteiger partial charge in [-0.15, -0.1) is 0 Å². The zero-order valence-corrected chi connectivity index (χ0v) is 12.1. The Bertz CT molecular complexity index is 1020. The Morgan fingerprint density at radius 3 is 2.78 bits per heavy atom. The van der Waals surface area contributed by atoms with Crippen molar-refractivity contribution >= 4 is 11.0 Å². The molecule has 0 spiro atoms. The molecule has 3 aromatic heterocycles. The van der Waals surface area contributed by atoms with E-state index in [0.29, 0.717) is 29.2 Å². The molecule has 23 heavy (non-hydrogen) atoms. The Morgan fingerprint density at radius 2 is 1.91 bits per heavy atom. The Balaban J connectivity index is 1.68. The number of oxazole rings is 1. The lowest BCUT2D eigenvalue weighted by Crippen LogP contribution is -2.21. The van der Waals surface area contributed by atoms with Crippen LogP contribution in [0.2, 0.25) is 0 Å². The van der Waals surface area contributed by atoms with Gasteiger partial charge in [0.05, 0.1) is 17.6 Å². The summed E-state index contributed by atoms with van der Waals surface area (Å²) in [5, 5.41) is 0.488. The molecule has 112 valence electrons. The molecule has 4 aromatic rings. The van der Waals surface area contributed by atoms with Crippen LogP contribution in [0.25, 0.3) is 22.5 Å². The van der Waals surface area contributed by atoms with Gasteiger partial charge in [0.1, 0.15) is 12.6 Å². The second-order valence-electron chi connectivity index (χ2n) is 5.06. The van der Waals surface area contributed by atoms with Gasteiger partial charge in [-0.05, 0) is 24.3 Å². The fourth-order valence-corrected chi connectivity index (χ4v) is 2.38. The van der Waals surface area contributed by atoms with Crippen molar-refractivity contribution in [2.45, 2.75) is 6.54 Å². The third-order valence-electron chi connectivity index (χ3n) is 3.50. The van der Waals surface area contributed by atoms with Gasteiger partial charge in [-0.1, -0.05) is 18.2 Å². The monoisotopic (exact) mass is 304 g/mol. The van der Waals surface area contributed by atoms with Crippen LogP contribution in [-0.4, -0.2) is 19.5 Å². The lowest BCUT2D eigenvalue weighted by Gasteiger charge is -2.03. The van der Waals surface area contributed by atoms with E-state index in [0.717, 1.165) is 5.56 Å². The third-order valence-corrected chi connectivity index (χ3v) is 3.50. The molecule has 0 bridgehead atoms. The molecule has 0 aliphatic carbocycles. The van der Waals surface area contributed by atoms with E-state index >= 15 is 0 Å². The second kappa shape index (κ2) is 5.49. The molecule has 0 atom stereocenters. The molecular weight excluding hydrogens is 292 g/mol. The smallest absolute Gasteiger partial charge is 0.263 e. The first-order valence-electron chi connectivity index (χ1n) is 7.11. The highest BCUT2D eigenvalue weighted by Gasteiger charge is 2.09. The van der Waals surface area contributed by atoms with Gasteiger partial charge in [0, 0.05) is 11.8 Å². The van der Waals surface area contributed by atoms with E-state index in [9.17, 15) is 4.79 Å². The molecule has 1 aromatic carbocycles. The number of fused-ring (bicyclic) bond motifs is 1. The topological polar surface area (TPSA) is 73.8 Å². The summed E-state index contributed by atoms with van der Waals surface area (Å²) < 4.78 is 6.99. The van der Waals surface area contributed by atoms with Crippen molar-refractivity contribution in [3.05, 3.63) is 77.3 Å². The predicted molar refractivity (Wildman–Crippen MR) is 84.8 cm³/mol. The summed E-state index contributed by atoms with van der Waals surface area (Å²) >= 11 is 0. The van der Waals surface area contributed by atoms with E-state index < -0.39 is 0 Å². The summed E-state index contributed by atoms with van der Waals surface area (Å²) in [4.78, 5) is 25.1. The molecule has 0 N–H and O–H groups in total. The van der Waals surface area contributed by atoms with E-state index in [4.69, 9.17) is 4.42 Å². The van der Waals surface area contributed by atoms with Crippen molar-refractivity contribution in [1.29, 1.82) is 0 Å². The van der Waals surface area contributed by atoms with Gasteiger partial charge in [-0.2, -0.15) is 0 Å². The summed E-state index contributed by atoms with van der Waals surface area (Å²) in [7, 11) is 0. The largest absolute Gasteiger partial charge is 0.444 e. The number of benzene rings is 1. The molecule has 6 nitrogen and oxygen atoms in total. The maximum absolute atomic E-state index is 12.4. The molecular formula is C17H12N4O2. The molecule has 4 rings (SSSR count). The van der Waals surface area contributed by atoms with Crippen LogP contribution in [0.15, 0.2) is 70.5 Å². The van der Waals surface area contributed by atoms with E-state index in [1.54, 1.807) is 24.6 Å². The van der Waals surface area contributed by atoms with Gasteiger partial charge in [-0.3, -0.25) is 9.36 Å². The van der Waals surface area contributed by atoms with Crippen molar-refractivity contribution in [2.75, 3.05) is 0 Å². The van der Waals surface area contributed by atoms with Gasteiger partial charge >= 0.3 is 0 Å². The average molecular weight is 304 g/mol. The Hall–Kier alpha value is -3.28. The zero-order valence-electron chi connectivity index (χ0n) is 12.1. The minimum atomic E-state index is -0.146. The normalized spacial score (nSPS) is 11.0. The first kappa shape index (κ1) is 13.4. The van der Waals surface area contributed by atoms with Crippen molar-refractivity contribution in [1.82, 2.24) is 19.5 Å². The quantitative estimate of drug-likeness (QED) is 0.581. The zero-order chi connectivity index (χ0) is 15.6. The Kier molecular flexibility index (Phi) is 3.20. The summed E-state index contributed by atoms with van der Waals surface area (Å²) in [6.07, 6.45) is 4.65. The number of aromatic nitrogens is 4. The molecule has 0 aliphatic rings. The molecule has 0 saturated carbocycles. The van der Waals surface area contributed by atoms with Gasteiger partial charge in [-0.25, -0.2) is 15.0 Å². The van der Waals surface area contributed by atoms with Gasteiger partial charge in [0.15, 0.2) is 5.65 Å². The van der Waals surface area contributed by atoms with Crippen molar-refractivity contribution < 1.29 is 4.42 Å². The maximum Gasteiger partial charge on any atom is 0.263 e. The molecule has 0 amide bonds. The molecule has 0 saturated heterocycles. The summed E-state index contributed by atoms with van der Waals surface area (Å²) in [5.74, 6) is 0.532. The van der Waals surface area contributed by atoms with Crippen LogP contribution < -0.4 is 5.56 Å². The van der Waals surface area contributed by atoms with Crippen LogP contribution in [0.3, 0.4) is 0 Å². The van der Waals surface area contributed by atoms with Crippen LogP contribution in [0.5, 0.6) is 0 Å². The summed E-state index contributed by atoms with van der Waals surface area (Å²) in [6, 6.07) is 13.1. The predicted octanol–water partition coefficient (Wildman–Crippen LogP) is 2.49. The second-order valence-corrected chi connectivity index (χ2v) is 5.06. The lowest BCUT2D eigenvalue weighted by molar-refractivity contribution is 0.571. The van der Waals surface area contributed by atoms with Gasteiger partial charge < -0.3 is 4.42 Å². The lowest BCUT2D eigenvalue weighted by atomic mass is 10.2. The first-order valence-corrected chi connectivity index (χ1v) is 7.11. The van der Waals surface area contributed by atoms with Gasteiger partial charge in [0.25, 0.3) is 5.56 Å². The molecule has 3 heterocycles.